The van der Waals surface area contributed by atoms with Gasteiger partial charge in [-0.2, -0.15) is 5.10 Å². The first-order chi connectivity index (χ1) is 12.5. The van der Waals surface area contributed by atoms with E-state index in [1.807, 2.05) is 31.2 Å². The van der Waals surface area contributed by atoms with Crippen LogP contribution in [0.2, 0.25) is 0 Å². The van der Waals surface area contributed by atoms with Crippen molar-refractivity contribution in [3.63, 3.8) is 0 Å². The zero-order valence-electron chi connectivity index (χ0n) is 15.6. The van der Waals surface area contributed by atoms with Crippen LogP contribution in [0.15, 0.2) is 29.4 Å². The van der Waals surface area contributed by atoms with Crippen LogP contribution in [0.1, 0.15) is 45.9 Å². The number of hydrogen-bond acceptors (Lipinski definition) is 5. The number of aryl methyl sites for hydroxylation is 1. The van der Waals surface area contributed by atoms with Crippen molar-refractivity contribution in [1.82, 2.24) is 5.43 Å². The van der Waals surface area contributed by atoms with E-state index in [2.05, 4.69) is 17.5 Å². The maximum absolute atomic E-state index is 12.5. The van der Waals surface area contributed by atoms with Crippen molar-refractivity contribution >= 4 is 23.0 Å². The molecule has 26 heavy (non-hydrogen) atoms. The van der Waals surface area contributed by atoms with Gasteiger partial charge in [-0.1, -0.05) is 6.92 Å². The third-order valence-electron chi connectivity index (χ3n) is 4.68. The molecule has 0 saturated heterocycles. The minimum atomic E-state index is -0.156. The lowest BCUT2D eigenvalue weighted by molar-refractivity contribution is 0.0959. The minimum absolute atomic E-state index is 0.156. The van der Waals surface area contributed by atoms with Gasteiger partial charge in [0.1, 0.15) is 0 Å². The third-order valence-corrected chi connectivity index (χ3v) is 5.92. The van der Waals surface area contributed by atoms with E-state index in [1.165, 1.54) is 16.9 Å². The van der Waals surface area contributed by atoms with E-state index in [4.69, 9.17) is 9.47 Å². The fourth-order valence-electron chi connectivity index (χ4n) is 3.13. The first-order valence-corrected chi connectivity index (χ1v) is 9.52. The Morgan fingerprint density at radius 1 is 1.23 bits per heavy atom. The van der Waals surface area contributed by atoms with Crippen LogP contribution >= 0.6 is 11.3 Å². The van der Waals surface area contributed by atoms with Crippen LogP contribution in [0, 0.1) is 5.92 Å². The first-order valence-electron chi connectivity index (χ1n) is 8.70. The zero-order valence-corrected chi connectivity index (χ0v) is 16.4. The van der Waals surface area contributed by atoms with Gasteiger partial charge in [-0.3, -0.25) is 4.79 Å². The molecule has 1 aromatic carbocycles. The van der Waals surface area contributed by atoms with Crippen molar-refractivity contribution in [2.24, 2.45) is 11.0 Å². The number of hydrazone groups is 1. The lowest BCUT2D eigenvalue weighted by Crippen LogP contribution is -2.18. The van der Waals surface area contributed by atoms with Gasteiger partial charge in [-0.25, -0.2) is 5.43 Å². The second-order valence-corrected chi connectivity index (χ2v) is 7.75. The van der Waals surface area contributed by atoms with Crippen molar-refractivity contribution in [1.29, 1.82) is 0 Å². The molecular weight excluding hydrogens is 348 g/mol. The Morgan fingerprint density at radius 2 is 2.00 bits per heavy atom. The van der Waals surface area contributed by atoms with E-state index in [-0.39, 0.29) is 5.91 Å². The van der Waals surface area contributed by atoms with Crippen LogP contribution in [0.4, 0.5) is 0 Å². The molecule has 1 unspecified atom stereocenters. The molecule has 0 bridgehead atoms. The van der Waals surface area contributed by atoms with E-state index in [0.717, 1.165) is 23.3 Å². The fourth-order valence-corrected chi connectivity index (χ4v) is 4.23. The third kappa shape index (κ3) is 3.90. The van der Waals surface area contributed by atoms with Gasteiger partial charge in [0.2, 0.25) is 0 Å². The standard InChI is InChI=1S/C20H24N2O3S/c1-12-5-8-18-15(9-12)11-19(26-18)20(23)22-21-13(2)14-6-7-16(24-3)17(10-14)25-4/h6-7,10-12H,5,8-9H2,1-4H3,(H,22,23)/b21-13+. The molecule has 2 aromatic rings. The minimum Gasteiger partial charge on any atom is -0.493 e. The molecule has 0 saturated carbocycles. The highest BCUT2D eigenvalue weighted by atomic mass is 32.1. The molecule has 1 atom stereocenters. The topological polar surface area (TPSA) is 59.9 Å². The average molecular weight is 372 g/mol. The number of carbonyl (C=O) groups is 1. The van der Waals surface area contributed by atoms with Gasteiger partial charge in [0.05, 0.1) is 24.8 Å². The number of nitrogens with zero attached hydrogens (tertiary/aromatic N) is 1. The van der Waals surface area contributed by atoms with Gasteiger partial charge in [-0.05, 0) is 61.9 Å². The van der Waals surface area contributed by atoms with Crippen LogP contribution in [0.5, 0.6) is 11.5 Å². The summed E-state index contributed by atoms with van der Waals surface area (Å²) in [7, 11) is 3.19. The van der Waals surface area contributed by atoms with Crippen molar-refractivity contribution < 1.29 is 14.3 Å². The summed E-state index contributed by atoms with van der Waals surface area (Å²) in [4.78, 5) is 14.5. The summed E-state index contributed by atoms with van der Waals surface area (Å²) in [5.41, 5.74) is 5.56. The van der Waals surface area contributed by atoms with Crippen molar-refractivity contribution in [2.75, 3.05) is 14.2 Å². The maximum atomic E-state index is 12.5. The quantitative estimate of drug-likeness (QED) is 0.636. The summed E-state index contributed by atoms with van der Waals surface area (Å²) in [5.74, 6) is 1.83. The van der Waals surface area contributed by atoms with Gasteiger partial charge in [0, 0.05) is 10.4 Å². The van der Waals surface area contributed by atoms with E-state index in [1.54, 1.807) is 25.6 Å². The molecular formula is C20H24N2O3S. The van der Waals surface area contributed by atoms with E-state index < -0.39 is 0 Å². The highest BCUT2D eigenvalue weighted by molar-refractivity contribution is 7.14. The number of thiophene rings is 1. The largest absolute Gasteiger partial charge is 0.493 e. The van der Waals surface area contributed by atoms with Crippen LogP contribution in [0.25, 0.3) is 0 Å². The van der Waals surface area contributed by atoms with Crippen LogP contribution in [0.3, 0.4) is 0 Å². The molecule has 1 heterocycles. The molecule has 138 valence electrons. The van der Waals surface area contributed by atoms with Gasteiger partial charge in [0.15, 0.2) is 11.5 Å². The lowest BCUT2D eigenvalue weighted by Gasteiger charge is -2.16. The molecule has 1 aliphatic rings. The summed E-state index contributed by atoms with van der Waals surface area (Å²) in [6, 6.07) is 7.57. The average Bonchev–Trinajstić information content (AvgIpc) is 3.08. The van der Waals surface area contributed by atoms with Gasteiger partial charge in [0.25, 0.3) is 5.91 Å². The molecule has 1 N–H and O–H groups in total. The fraction of sp³-hybridized carbons (Fsp3) is 0.400. The summed E-state index contributed by atoms with van der Waals surface area (Å²) < 4.78 is 10.6. The van der Waals surface area contributed by atoms with Crippen LogP contribution in [-0.4, -0.2) is 25.8 Å². The normalized spacial score (nSPS) is 16.8. The Bertz CT molecular complexity index is 842. The Morgan fingerprint density at radius 3 is 2.73 bits per heavy atom. The number of ether oxygens (including phenoxy) is 2. The van der Waals surface area contributed by atoms with Gasteiger partial charge >= 0.3 is 0 Å². The number of benzene rings is 1. The smallest absolute Gasteiger partial charge is 0.281 e. The summed E-state index contributed by atoms with van der Waals surface area (Å²) >= 11 is 1.59. The van der Waals surface area contributed by atoms with Crippen LogP contribution < -0.4 is 14.9 Å². The molecule has 0 fully saturated rings. The van der Waals surface area contributed by atoms with E-state index in [9.17, 15) is 4.79 Å². The second-order valence-electron chi connectivity index (χ2n) is 6.61. The number of carbonyl (C=O) groups excluding carboxylic acids is 1. The van der Waals surface area contributed by atoms with Crippen molar-refractivity contribution in [3.8, 4) is 11.5 Å². The predicted molar refractivity (Wildman–Crippen MR) is 105 cm³/mol. The molecule has 1 amide bonds. The highest BCUT2D eigenvalue weighted by Gasteiger charge is 2.20. The number of methoxy groups -OCH3 is 2. The summed E-state index contributed by atoms with van der Waals surface area (Å²) in [5, 5.41) is 4.25. The lowest BCUT2D eigenvalue weighted by atomic mass is 9.90. The molecule has 0 aliphatic heterocycles. The first kappa shape index (κ1) is 18.5. The maximum Gasteiger partial charge on any atom is 0.281 e. The molecule has 6 heteroatoms. The molecule has 3 rings (SSSR count). The van der Waals surface area contributed by atoms with Crippen LogP contribution in [-0.2, 0) is 12.8 Å². The summed E-state index contributed by atoms with van der Waals surface area (Å²) in [6.07, 6.45) is 3.33. The molecule has 1 aliphatic carbocycles. The monoisotopic (exact) mass is 372 g/mol. The van der Waals surface area contributed by atoms with E-state index in [0.29, 0.717) is 23.1 Å². The Hall–Kier alpha value is -2.34. The Kier molecular flexibility index (Phi) is 5.61. The zero-order chi connectivity index (χ0) is 18.7. The highest BCUT2D eigenvalue weighted by Crippen LogP contribution is 2.32. The Balaban J connectivity index is 1.72. The van der Waals surface area contributed by atoms with Gasteiger partial charge in [-0.15, -0.1) is 11.3 Å². The number of amides is 1. The molecule has 5 nitrogen and oxygen atoms in total. The Labute approximate surface area is 158 Å². The molecule has 0 radical (unpaired) electrons. The van der Waals surface area contributed by atoms with Crippen molar-refractivity contribution in [3.05, 3.63) is 45.1 Å². The number of rotatable bonds is 5. The predicted octanol–water partition coefficient (Wildman–Crippen LogP) is 4.04. The summed E-state index contributed by atoms with van der Waals surface area (Å²) in [6.45, 7) is 4.11. The van der Waals surface area contributed by atoms with E-state index >= 15 is 0 Å². The molecule has 0 spiro atoms. The number of hydrogen-bond donors (Lipinski definition) is 1. The number of fused-ring (bicyclic) bond motifs is 1. The number of nitrogens with one attached hydrogen (secondary N) is 1. The van der Waals surface area contributed by atoms with Crippen molar-refractivity contribution in [2.45, 2.75) is 33.1 Å². The van der Waals surface area contributed by atoms with Gasteiger partial charge < -0.3 is 9.47 Å². The second kappa shape index (κ2) is 7.91. The molecule has 1 aromatic heterocycles. The SMILES string of the molecule is COc1ccc(/C(C)=N/NC(=O)c2cc3c(s2)CCC(C)C3)cc1OC.